The molecule has 0 aliphatic carbocycles. The summed E-state index contributed by atoms with van der Waals surface area (Å²) in [6.07, 6.45) is 1.77. The fourth-order valence-corrected chi connectivity index (χ4v) is 2.40. The van der Waals surface area contributed by atoms with Gasteiger partial charge in [0.15, 0.2) is 5.16 Å². The normalized spacial score (nSPS) is 10.4. The summed E-state index contributed by atoms with van der Waals surface area (Å²) in [5.74, 6) is 1.69. The maximum atomic E-state index is 5.81. The number of anilines is 1. The van der Waals surface area contributed by atoms with Crippen LogP contribution in [0.5, 0.6) is 5.88 Å². The first-order chi connectivity index (χ1) is 9.17. The minimum Gasteiger partial charge on any atom is -0.478 e. The highest BCUT2D eigenvalue weighted by Gasteiger charge is 2.03. The lowest BCUT2D eigenvalue weighted by Crippen LogP contribution is -1.96. The number of hydrogen-bond donors (Lipinski definition) is 1. The van der Waals surface area contributed by atoms with Crippen LogP contribution < -0.4 is 10.5 Å². The number of nitrogens with two attached hydrogens (primary N) is 1. The van der Waals surface area contributed by atoms with Gasteiger partial charge in [-0.25, -0.2) is 15.0 Å². The molecule has 0 radical (unpaired) electrons. The molecule has 2 N–H and O–H groups in total. The minimum absolute atomic E-state index is 0.347. The number of hydrogen-bond acceptors (Lipinski definition) is 6. The third kappa shape index (κ3) is 4.25. The molecule has 0 aliphatic rings. The zero-order chi connectivity index (χ0) is 13.7. The van der Waals surface area contributed by atoms with Gasteiger partial charge >= 0.3 is 0 Å². The molecule has 100 valence electrons. The Balaban J connectivity index is 1.98. The first-order valence-electron chi connectivity index (χ1n) is 5.68. The van der Waals surface area contributed by atoms with Crippen molar-refractivity contribution in [1.29, 1.82) is 0 Å². The Hall–Kier alpha value is -1.53. The van der Waals surface area contributed by atoms with E-state index in [0.717, 1.165) is 5.56 Å². The van der Waals surface area contributed by atoms with Crippen molar-refractivity contribution in [2.45, 2.75) is 17.8 Å². The summed E-state index contributed by atoms with van der Waals surface area (Å²) >= 11 is 7.27. The Morgan fingerprint density at radius 1 is 1.37 bits per heavy atom. The van der Waals surface area contributed by atoms with Crippen molar-refractivity contribution in [3.05, 3.63) is 35.1 Å². The van der Waals surface area contributed by atoms with Crippen LogP contribution in [0.2, 0.25) is 5.15 Å². The second-order valence-corrected chi connectivity index (χ2v) is 4.95. The Morgan fingerprint density at radius 2 is 2.21 bits per heavy atom. The van der Waals surface area contributed by atoms with Crippen LogP contribution in [0, 0.1) is 0 Å². The molecule has 2 rings (SSSR count). The summed E-state index contributed by atoms with van der Waals surface area (Å²) in [6, 6.07) is 5.32. The van der Waals surface area contributed by atoms with Gasteiger partial charge in [0.2, 0.25) is 5.88 Å². The molecule has 0 unspecified atom stereocenters. The predicted molar refractivity (Wildman–Crippen MR) is 76.4 cm³/mol. The molecule has 7 heteroatoms. The summed E-state index contributed by atoms with van der Waals surface area (Å²) in [5.41, 5.74) is 6.66. The highest BCUT2D eigenvalue weighted by atomic mass is 35.5. The van der Waals surface area contributed by atoms with Crippen molar-refractivity contribution in [1.82, 2.24) is 15.0 Å². The lowest BCUT2D eigenvalue weighted by molar-refractivity contribution is 0.326. The van der Waals surface area contributed by atoms with Crippen molar-refractivity contribution in [2.24, 2.45) is 0 Å². The van der Waals surface area contributed by atoms with Gasteiger partial charge in [0, 0.05) is 24.1 Å². The monoisotopic (exact) mass is 296 g/mol. The minimum atomic E-state index is 0.347. The molecule has 0 bridgehead atoms. The first-order valence-corrected chi connectivity index (χ1v) is 7.04. The molecule has 0 spiro atoms. The second-order valence-electron chi connectivity index (χ2n) is 3.62. The SMILES string of the molecule is CCOc1ccc(CSc2nc(N)cc(Cl)n2)cn1. The molecule has 19 heavy (non-hydrogen) atoms. The summed E-state index contributed by atoms with van der Waals surface area (Å²) in [5, 5.41) is 0.902. The van der Waals surface area contributed by atoms with Crippen molar-refractivity contribution >= 4 is 29.2 Å². The van der Waals surface area contributed by atoms with Gasteiger partial charge in [-0.2, -0.15) is 0 Å². The average Bonchev–Trinajstić information content (AvgIpc) is 2.37. The lowest BCUT2D eigenvalue weighted by atomic mass is 10.3. The van der Waals surface area contributed by atoms with E-state index >= 15 is 0 Å². The Kier molecular flexibility index (Phi) is 4.81. The largest absolute Gasteiger partial charge is 0.478 e. The maximum absolute atomic E-state index is 5.81. The van der Waals surface area contributed by atoms with Gasteiger partial charge in [-0.05, 0) is 12.5 Å². The van der Waals surface area contributed by atoms with E-state index in [1.165, 1.54) is 17.8 Å². The van der Waals surface area contributed by atoms with E-state index in [1.54, 1.807) is 6.20 Å². The van der Waals surface area contributed by atoms with Gasteiger partial charge in [-0.1, -0.05) is 29.4 Å². The zero-order valence-corrected chi connectivity index (χ0v) is 11.9. The van der Waals surface area contributed by atoms with Gasteiger partial charge in [0.05, 0.1) is 6.61 Å². The van der Waals surface area contributed by atoms with Crippen LogP contribution >= 0.6 is 23.4 Å². The van der Waals surface area contributed by atoms with Crippen LogP contribution in [0.1, 0.15) is 12.5 Å². The van der Waals surface area contributed by atoms with Crippen molar-refractivity contribution in [3.8, 4) is 5.88 Å². The molecule has 0 amide bonds. The topological polar surface area (TPSA) is 73.9 Å². The molecule has 0 fully saturated rings. The number of halogens is 1. The molecule has 0 aliphatic heterocycles. The summed E-state index contributed by atoms with van der Waals surface area (Å²) < 4.78 is 5.28. The number of nitrogen functional groups attached to an aromatic ring is 1. The van der Waals surface area contributed by atoms with Crippen molar-refractivity contribution < 1.29 is 4.74 Å². The Bertz CT molecular complexity index is 530. The van der Waals surface area contributed by atoms with Crippen LogP contribution in [0.3, 0.4) is 0 Å². The number of aromatic nitrogens is 3. The van der Waals surface area contributed by atoms with E-state index in [4.69, 9.17) is 22.1 Å². The molecule has 2 aromatic heterocycles. The van der Waals surface area contributed by atoms with Gasteiger partial charge in [0.25, 0.3) is 0 Å². The third-order valence-corrected chi connectivity index (χ3v) is 3.26. The van der Waals surface area contributed by atoms with Gasteiger partial charge < -0.3 is 10.5 Å². The maximum Gasteiger partial charge on any atom is 0.213 e. The third-order valence-electron chi connectivity index (χ3n) is 2.15. The highest BCUT2D eigenvalue weighted by Crippen LogP contribution is 2.22. The van der Waals surface area contributed by atoms with E-state index in [1.807, 2.05) is 19.1 Å². The molecule has 0 atom stereocenters. The van der Waals surface area contributed by atoms with E-state index in [2.05, 4.69) is 15.0 Å². The van der Waals surface area contributed by atoms with Crippen LogP contribution in [-0.2, 0) is 5.75 Å². The van der Waals surface area contributed by atoms with E-state index in [0.29, 0.717) is 34.4 Å². The number of pyridine rings is 1. The van der Waals surface area contributed by atoms with Crippen LogP contribution in [0.25, 0.3) is 0 Å². The molecule has 0 aromatic carbocycles. The van der Waals surface area contributed by atoms with Crippen LogP contribution in [-0.4, -0.2) is 21.6 Å². The molecule has 0 saturated carbocycles. The van der Waals surface area contributed by atoms with E-state index < -0.39 is 0 Å². The van der Waals surface area contributed by atoms with Gasteiger partial charge in [0.1, 0.15) is 11.0 Å². The zero-order valence-electron chi connectivity index (χ0n) is 10.3. The first kappa shape index (κ1) is 13.9. The molecule has 0 saturated heterocycles. The number of ether oxygens (including phenoxy) is 1. The second kappa shape index (κ2) is 6.58. The summed E-state index contributed by atoms with van der Waals surface area (Å²) in [7, 11) is 0. The van der Waals surface area contributed by atoms with E-state index in [9.17, 15) is 0 Å². The number of rotatable bonds is 5. The Morgan fingerprint density at radius 3 is 2.84 bits per heavy atom. The fourth-order valence-electron chi connectivity index (χ4n) is 1.36. The quantitative estimate of drug-likeness (QED) is 0.519. The predicted octanol–water partition coefficient (Wildman–Crippen LogP) is 2.80. The lowest BCUT2D eigenvalue weighted by Gasteiger charge is -2.04. The van der Waals surface area contributed by atoms with Crippen molar-refractivity contribution in [3.63, 3.8) is 0 Å². The number of thioether (sulfide) groups is 1. The summed E-state index contributed by atoms with van der Waals surface area (Å²) in [4.78, 5) is 12.4. The molecular formula is C12H13ClN4OS. The number of nitrogens with zero attached hydrogens (tertiary/aromatic N) is 3. The van der Waals surface area contributed by atoms with E-state index in [-0.39, 0.29) is 0 Å². The van der Waals surface area contributed by atoms with Crippen molar-refractivity contribution in [2.75, 3.05) is 12.3 Å². The molecule has 5 nitrogen and oxygen atoms in total. The molecule has 2 heterocycles. The van der Waals surface area contributed by atoms with Gasteiger partial charge in [-0.3, -0.25) is 0 Å². The fraction of sp³-hybridized carbons (Fsp3) is 0.250. The Labute approximate surface area is 120 Å². The molecule has 2 aromatic rings. The van der Waals surface area contributed by atoms with Crippen LogP contribution in [0.4, 0.5) is 5.82 Å². The summed E-state index contributed by atoms with van der Waals surface area (Å²) in [6.45, 7) is 2.53. The average molecular weight is 297 g/mol. The smallest absolute Gasteiger partial charge is 0.213 e. The van der Waals surface area contributed by atoms with Gasteiger partial charge in [-0.15, -0.1) is 0 Å². The van der Waals surface area contributed by atoms with Crippen LogP contribution in [0.15, 0.2) is 29.6 Å². The highest BCUT2D eigenvalue weighted by molar-refractivity contribution is 7.98. The molecular weight excluding hydrogens is 284 g/mol. The standard InChI is InChI=1S/C12H13ClN4OS/c1-2-18-11-4-3-8(6-15-11)7-19-12-16-9(13)5-10(14)17-12/h3-6H,2,7H2,1H3,(H2,14,16,17).